The van der Waals surface area contributed by atoms with E-state index in [4.69, 9.17) is 9.47 Å². The quantitative estimate of drug-likeness (QED) is 0.488. The summed E-state index contributed by atoms with van der Waals surface area (Å²) in [5, 5.41) is 4.47. The molecule has 0 aliphatic heterocycles. The van der Waals surface area contributed by atoms with Crippen molar-refractivity contribution in [2.45, 2.75) is 20.8 Å². The summed E-state index contributed by atoms with van der Waals surface area (Å²) in [7, 11) is 1.35. The second kappa shape index (κ2) is 8.19. The molecule has 146 valence electrons. The second-order valence-corrected chi connectivity index (χ2v) is 8.50. The number of methoxy groups -OCH3 is 1. The molecule has 6 heteroatoms. The molecule has 0 saturated heterocycles. The topological polar surface area (TPSA) is 53.4 Å². The Hall–Kier alpha value is -2.60. The monoisotopic (exact) mass is 442 g/mol. The van der Waals surface area contributed by atoms with Gasteiger partial charge in [-0.15, -0.1) is 0 Å². The molecule has 0 unspecified atom stereocenters. The fourth-order valence-corrected chi connectivity index (χ4v) is 3.10. The van der Waals surface area contributed by atoms with Crippen LogP contribution in [0.1, 0.15) is 31.3 Å². The first-order chi connectivity index (χ1) is 13.3. The molecule has 1 heterocycles. The summed E-state index contributed by atoms with van der Waals surface area (Å²) in [6.45, 7) is 6.98. The van der Waals surface area contributed by atoms with Crippen LogP contribution in [0.4, 0.5) is 0 Å². The third kappa shape index (κ3) is 4.62. The van der Waals surface area contributed by atoms with Gasteiger partial charge in [-0.1, -0.05) is 45.0 Å². The summed E-state index contributed by atoms with van der Waals surface area (Å²) in [4.78, 5) is 12.1. The maximum Gasteiger partial charge on any atom is 0.358 e. The predicted octanol–water partition coefficient (Wildman–Crippen LogP) is 5.51. The molecular formula is C22H23BrN2O3. The molecule has 0 radical (unpaired) electrons. The van der Waals surface area contributed by atoms with Crippen molar-refractivity contribution in [2.24, 2.45) is 5.41 Å². The SMILES string of the molecule is COC(=O)c1cc(-c2cccc(OCC(C)(C)C)c2)n(-c2ccccc2Br)n1. The van der Waals surface area contributed by atoms with E-state index in [-0.39, 0.29) is 11.1 Å². The molecule has 0 aliphatic carbocycles. The molecule has 5 nitrogen and oxygen atoms in total. The van der Waals surface area contributed by atoms with E-state index in [9.17, 15) is 4.79 Å². The Bertz CT molecular complexity index is 989. The van der Waals surface area contributed by atoms with Crippen LogP contribution in [-0.2, 0) is 4.74 Å². The van der Waals surface area contributed by atoms with Gasteiger partial charge in [-0.05, 0) is 51.7 Å². The van der Waals surface area contributed by atoms with Gasteiger partial charge >= 0.3 is 5.97 Å². The normalized spacial score (nSPS) is 11.3. The van der Waals surface area contributed by atoms with Crippen molar-refractivity contribution >= 4 is 21.9 Å². The maximum absolute atomic E-state index is 12.1. The Labute approximate surface area is 173 Å². The molecule has 0 fully saturated rings. The fourth-order valence-electron chi connectivity index (χ4n) is 2.64. The van der Waals surface area contributed by atoms with Gasteiger partial charge in [-0.3, -0.25) is 0 Å². The van der Waals surface area contributed by atoms with E-state index in [1.165, 1.54) is 7.11 Å². The van der Waals surface area contributed by atoms with Crippen molar-refractivity contribution in [3.05, 3.63) is 64.8 Å². The number of hydrogen-bond donors (Lipinski definition) is 0. The average molecular weight is 443 g/mol. The fraction of sp³-hybridized carbons (Fsp3) is 0.273. The van der Waals surface area contributed by atoms with Gasteiger partial charge in [0.05, 0.1) is 25.1 Å². The molecule has 0 saturated carbocycles. The van der Waals surface area contributed by atoms with Crippen molar-refractivity contribution < 1.29 is 14.3 Å². The van der Waals surface area contributed by atoms with Crippen LogP contribution in [0.2, 0.25) is 0 Å². The lowest BCUT2D eigenvalue weighted by Crippen LogP contribution is -2.16. The first-order valence-corrected chi connectivity index (χ1v) is 9.74. The van der Waals surface area contributed by atoms with Gasteiger partial charge in [-0.2, -0.15) is 5.10 Å². The number of para-hydroxylation sites is 1. The number of carbonyl (C=O) groups is 1. The van der Waals surface area contributed by atoms with Crippen LogP contribution < -0.4 is 4.74 Å². The van der Waals surface area contributed by atoms with E-state index in [1.54, 1.807) is 10.7 Å². The van der Waals surface area contributed by atoms with Gasteiger partial charge in [0.1, 0.15) is 5.75 Å². The summed E-state index contributed by atoms with van der Waals surface area (Å²) in [6.07, 6.45) is 0. The number of ether oxygens (including phenoxy) is 2. The van der Waals surface area contributed by atoms with Crippen molar-refractivity contribution in [1.82, 2.24) is 9.78 Å². The van der Waals surface area contributed by atoms with Crippen LogP contribution in [0.15, 0.2) is 59.1 Å². The van der Waals surface area contributed by atoms with E-state index < -0.39 is 5.97 Å². The van der Waals surface area contributed by atoms with Crippen molar-refractivity contribution in [3.63, 3.8) is 0 Å². The van der Waals surface area contributed by atoms with Gasteiger partial charge in [0.2, 0.25) is 0 Å². The van der Waals surface area contributed by atoms with Gasteiger partial charge in [0.15, 0.2) is 5.69 Å². The van der Waals surface area contributed by atoms with Crippen molar-refractivity contribution in [1.29, 1.82) is 0 Å². The first kappa shape index (κ1) is 20.1. The summed E-state index contributed by atoms with van der Waals surface area (Å²) >= 11 is 3.56. The number of aromatic nitrogens is 2. The van der Waals surface area contributed by atoms with Crippen molar-refractivity contribution in [2.75, 3.05) is 13.7 Å². The highest BCUT2D eigenvalue weighted by atomic mass is 79.9. The number of nitrogens with zero attached hydrogens (tertiary/aromatic N) is 2. The van der Waals surface area contributed by atoms with E-state index >= 15 is 0 Å². The van der Waals surface area contributed by atoms with E-state index in [2.05, 4.69) is 41.8 Å². The number of carbonyl (C=O) groups excluding carboxylic acids is 1. The van der Waals surface area contributed by atoms with Crippen molar-refractivity contribution in [3.8, 4) is 22.7 Å². The lowest BCUT2D eigenvalue weighted by molar-refractivity contribution is 0.0593. The van der Waals surface area contributed by atoms with Crippen LogP contribution in [0, 0.1) is 5.41 Å². The molecule has 0 spiro atoms. The Morgan fingerprint density at radius 3 is 2.54 bits per heavy atom. The van der Waals surface area contributed by atoms with Crippen LogP contribution in [0.5, 0.6) is 5.75 Å². The smallest absolute Gasteiger partial charge is 0.358 e. The maximum atomic E-state index is 12.1. The molecule has 0 bridgehead atoms. The molecule has 2 aromatic carbocycles. The number of benzene rings is 2. The van der Waals surface area contributed by atoms with Crippen LogP contribution >= 0.6 is 15.9 Å². The minimum atomic E-state index is -0.479. The molecule has 0 atom stereocenters. The van der Waals surface area contributed by atoms with Crippen LogP contribution in [0.3, 0.4) is 0 Å². The third-order valence-corrected chi connectivity index (χ3v) is 4.66. The molecular weight excluding hydrogens is 420 g/mol. The van der Waals surface area contributed by atoms with Gasteiger partial charge in [0, 0.05) is 10.0 Å². The van der Waals surface area contributed by atoms with Crippen LogP contribution in [-0.4, -0.2) is 29.5 Å². The Morgan fingerprint density at radius 2 is 1.86 bits per heavy atom. The minimum Gasteiger partial charge on any atom is -0.493 e. The lowest BCUT2D eigenvalue weighted by atomic mass is 9.99. The summed E-state index contributed by atoms with van der Waals surface area (Å²) in [5.74, 6) is 0.291. The second-order valence-electron chi connectivity index (χ2n) is 7.65. The van der Waals surface area contributed by atoms with E-state index in [0.717, 1.165) is 27.2 Å². The summed E-state index contributed by atoms with van der Waals surface area (Å²) < 4.78 is 13.4. The van der Waals surface area contributed by atoms with Crippen LogP contribution in [0.25, 0.3) is 16.9 Å². The lowest BCUT2D eigenvalue weighted by Gasteiger charge is -2.19. The average Bonchev–Trinajstić information content (AvgIpc) is 3.11. The third-order valence-electron chi connectivity index (χ3n) is 3.99. The Kier molecular flexibility index (Phi) is 5.89. The zero-order chi connectivity index (χ0) is 20.3. The zero-order valence-electron chi connectivity index (χ0n) is 16.4. The number of hydrogen-bond acceptors (Lipinski definition) is 4. The van der Waals surface area contributed by atoms with Gasteiger partial charge < -0.3 is 9.47 Å². The minimum absolute atomic E-state index is 0.0603. The molecule has 0 aliphatic rings. The molecule has 28 heavy (non-hydrogen) atoms. The first-order valence-electron chi connectivity index (χ1n) is 8.95. The molecule has 3 aromatic rings. The summed E-state index contributed by atoms with van der Waals surface area (Å²) in [6, 6.07) is 17.2. The summed E-state index contributed by atoms with van der Waals surface area (Å²) in [5.41, 5.74) is 2.80. The predicted molar refractivity (Wildman–Crippen MR) is 113 cm³/mol. The largest absolute Gasteiger partial charge is 0.493 e. The highest BCUT2D eigenvalue weighted by Gasteiger charge is 2.19. The number of halogens is 1. The molecule has 3 rings (SSSR count). The Balaban J connectivity index is 2.07. The highest BCUT2D eigenvalue weighted by molar-refractivity contribution is 9.10. The molecule has 1 aromatic heterocycles. The Morgan fingerprint density at radius 1 is 1.11 bits per heavy atom. The van der Waals surface area contributed by atoms with Gasteiger partial charge in [0.25, 0.3) is 0 Å². The van der Waals surface area contributed by atoms with E-state index in [0.29, 0.717) is 6.61 Å². The molecule has 0 amide bonds. The van der Waals surface area contributed by atoms with E-state index in [1.807, 2.05) is 48.5 Å². The number of rotatable bonds is 5. The van der Waals surface area contributed by atoms with Gasteiger partial charge in [-0.25, -0.2) is 9.48 Å². The highest BCUT2D eigenvalue weighted by Crippen LogP contribution is 2.30. The number of esters is 1. The molecule has 0 N–H and O–H groups in total. The zero-order valence-corrected chi connectivity index (χ0v) is 18.0. The standard InChI is InChI=1S/C22H23BrN2O3/c1-22(2,3)14-28-16-9-7-8-15(12-16)20-13-18(21(26)27-4)24-25(20)19-11-6-5-10-17(19)23/h5-13H,14H2,1-4H3.